The molecule has 1 aliphatic heterocycles. The van der Waals surface area contributed by atoms with Gasteiger partial charge in [0.05, 0.1) is 25.4 Å². The summed E-state index contributed by atoms with van der Waals surface area (Å²) < 4.78 is 11.2. The maximum absolute atomic E-state index is 13.3. The molecular formula is C79H153NO10. The summed E-state index contributed by atoms with van der Waals surface area (Å²) in [6.45, 7) is 3.51. The third-order valence-corrected chi connectivity index (χ3v) is 19.5. The lowest BCUT2D eigenvalue weighted by Gasteiger charge is -2.40. The van der Waals surface area contributed by atoms with Crippen molar-refractivity contribution in [2.24, 2.45) is 0 Å². The maximum atomic E-state index is 13.3. The predicted octanol–water partition coefficient (Wildman–Crippen LogP) is 20.3. The van der Waals surface area contributed by atoms with Gasteiger partial charge in [-0.05, 0) is 51.4 Å². The van der Waals surface area contributed by atoms with Gasteiger partial charge in [-0.1, -0.05) is 378 Å². The van der Waals surface area contributed by atoms with E-state index in [4.69, 9.17) is 9.47 Å². The fourth-order valence-electron chi connectivity index (χ4n) is 13.2. The molecule has 1 saturated heterocycles. The summed E-state index contributed by atoms with van der Waals surface area (Å²) in [4.78, 5) is 13.3. The first-order chi connectivity index (χ1) is 44.2. The third kappa shape index (κ3) is 53.8. The molecule has 1 aliphatic rings. The second-order valence-electron chi connectivity index (χ2n) is 28.1. The number of nitrogens with one attached hydrogen (secondary N) is 1. The van der Waals surface area contributed by atoms with Gasteiger partial charge >= 0.3 is 0 Å². The fourth-order valence-corrected chi connectivity index (χ4v) is 13.2. The van der Waals surface area contributed by atoms with E-state index in [1.165, 1.54) is 321 Å². The number of carbonyl (C=O) groups is 1. The molecule has 9 atom stereocenters. The average Bonchev–Trinajstić information content (AvgIpc) is 1.45. The van der Waals surface area contributed by atoms with E-state index in [0.717, 1.165) is 38.5 Å². The predicted molar refractivity (Wildman–Crippen MR) is 381 cm³/mol. The van der Waals surface area contributed by atoms with Gasteiger partial charge in [0.2, 0.25) is 5.91 Å². The smallest absolute Gasteiger partial charge is 0.249 e. The van der Waals surface area contributed by atoms with Crippen LogP contribution >= 0.6 is 0 Å². The Balaban J connectivity index is 2.16. The number of aliphatic hydroxyl groups excluding tert-OH is 7. The summed E-state index contributed by atoms with van der Waals surface area (Å²) in [5.74, 6) is -0.701. The molecule has 0 aromatic carbocycles. The van der Waals surface area contributed by atoms with Crippen molar-refractivity contribution in [1.29, 1.82) is 0 Å². The van der Waals surface area contributed by atoms with Crippen molar-refractivity contribution in [1.82, 2.24) is 5.32 Å². The number of aliphatic hydroxyl groups is 7. The molecule has 0 radical (unpaired) electrons. The highest BCUT2D eigenvalue weighted by molar-refractivity contribution is 5.80. The number of hydrogen-bond donors (Lipinski definition) is 8. The molecule has 0 saturated carbocycles. The van der Waals surface area contributed by atoms with E-state index in [1.54, 1.807) is 0 Å². The zero-order valence-corrected chi connectivity index (χ0v) is 59.4. The Labute approximate surface area is 556 Å². The average molecular weight is 1280 g/mol. The standard InChI is InChI=1S/C79H153NO10/c1-3-5-7-9-11-13-15-17-19-21-23-25-27-29-31-33-35-37-38-40-42-44-46-48-50-52-54-56-58-60-62-64-66-71(82)74(84)70(69-89-79-77(87)76(86)75(85)73(68-81)90-79)80-78(88)72(83)67-65-63-61-59-57-55-53-51-49-47-45-43-41-39-36-34-32-30-28-26-24-22-20-18-16-14-12-10-8-6-4-2/h50,52,58,60,70-77,79,81-87H,3-49,51,53-57,59,61-69H2,1-2H3,(H,80,88)/b52-50+,60-58+. The highest BCUT2D eigenvalue weighted by atomic mass is 16.7. The SMILES string of the molecule is CCCCCCCCCCCCCCCCCCCCCCCCC/C=C/CC/C=C/CCCC(O)C(O)C(COC1OC(CO)C(O)C(O)C1O)NC(=O)C(O)CCCCCCCCCCCCCCCCCCCCCCCCCCCCCCCCC. The topological polar surface area (TPSA) is 189 Å². The molecular weight excluding hydrogens is 1120 g/mol. The lowest BCUT2D eigenvalue weighted by Crippen LogP contribution is -2.60. The third-order valence-electron chi connectivity index (χ3n) is 19.5. The van der Waals surface area contributed by atoms with Crippen LogP contribution in [-0.2, 0) is 14.3 Å². The number of unbranched alkanes of at least 4 members (excludes halogenated alkanes) is 55. The Morgan fingerprint density at radius 3 is 0.989 bits per heavy atom. The van der Waals surface area contributed by atoms with Crippen molar-refractivity contribution in [2.75, 3.05) is 13.2 Å². The Hall–Kier alpha value is -1.41. The van der Waals surface area contributed by atoms with Crippen molar-refractivity contribution in [3.05, 3.63) is 24.3 Å². The lowest BCUT2D eigenvalue weighted by molar-refractivity contribution is -0.303. The van der Waals surface area contributed by atoms with Crippen LogP contribution in [0.1, 0.15) is 406 Å². The Kier molecular flexibility index (Phi) is 65.0. The molecule has 90 heavy (non-hydrogen) atoms. The molecule has 1 heterocycles. The van der Waals surface area contributed by atoms with Gasteiger partial charge in [-0.15, -0.1) is 0 Å². The lowest BCUT2D eigenvalue weighted by atomic mass is 9.98. The van der Waals surface area contributed by atoms with Crippen molar-refractivity contribution < 1.29 is 50.0 Å². The molecule has 11 heteroatoms. The fraction of sp³-hybridized carbons (Fsp3) is 0.937. The summed E-state index contributed by atoms with van der Waals surface area (Å²) in [6, 6.07) is -1.19. The first-order valence-electron chi connectivity index (χ1n) is 39.7. The quantitative estimate of drug-likeness (QED) is 0.0215. The van der Waals surface area contributed by atoms with Gasteiger partial charge in [-0.25, -0.2) is 0 Å². The highest BCUT2D eigenvalue weighted by Gasteiger charge is 2.44. The Morgan fingerprint density at radius 1 is 0.378 bits per heavy atom. The molecule has 1 fully saturated rings. The van der Waals surface area contributed by atoms with Gasteiger partial charge in [0.15, 0.2) is 6.29 Å². The second kappa shape index (κ2) is 67.6. The maximum Gasteiger partial charge on any atom is 0.249 e. The van der Waals surface area contributed by atoms with Crippen molar-refractivity contribution >= 4 is 5.91 Å². The zero-order valence-electron chi connectivity index (χ0n) is 59.4. The summed E-state index contributed by atoms with van der Waals surface area (Å²) in [7, 11) is 0. The minimum Gasteiger partial charge on any atom is -0.394 e. The van der Waals surface area contributed by atoms with Crippen LogP contribution < -0.4 is 5.32 Å². The Morgan fingerprint density at radius 2 is 0.667 bits per heavy atom. The molecule has 11 nitrogen and oxygen atoms in total. The van der Waals surface area contributed by atoms with E-state index in [-0.39, 0.29) is 12.8 Å². The molecule has 0 aromatic rings. The van der Waals surface area contributed by atoms with E-state index in [0.29, 0.717) is 19.3 Å². The molecule has 0 aromatic heterocycles. The van der Waals surface area contributed by atoms with E-state index >= 15 is 0 Å². The number of rotatable bonds is 71. The van der Waals surface area contributed by atoms with Crippen molar-refractivity contribution in [3.63, 3.8) is 0 Å². The first kappa shape index (κ1) is 86.6. The van der Waals surface area contributed by atoms with Crippen LogP contribution in [0.5, 0.6) is 0 Å². The first-order valence-corrected chi connectivity index (χ1v) is 39.7. The van der Waals surface area contributed by atoms with E-state index in [2.05, 4.69) is 43.5 Å². The molecule has 9 unspecified atom stereocenters. The molecule has 534 valence electrons. The zero-order chi connectivity index (χ0) is 65.3. The second-order valence-corrected chi connectivity index (χ2v) is 28.1. The van der Waals surface area contributed by atoms with Gasteiger partial charge in [-0.3, -0.25) is 4.79 Å². The summed E-state index contributed by atoms with van der Waals surface area (Å²) in [6.07, 6.45) is 75.9. The van der Waals surface area contributed by atoms with E-state index in [9.17, 15) is 40.5 Å². The van der Waals surface area contributed by atoms with Gasteiger partial charge in [0.25, 0.3) is 0 Å². The summed E-state index contributed by atoms with van der Waals surface area (Å²) >= 11 is 0. The van der Waals surface area contributed by atoms with Crippen LogP contribution in [0.2, 0.25) is 0 Å². The molecule has 1 amide bonds. The number of amides is 1. The monoisotopic (exact) mass is 1280 g/mol. The summed E-state index contributed by atoms with van der Waals surface area (Å²) in [5, 5.41) is 76.7. The number of carbonyl (C=O) groups excluding carboxylic acids is 1. The number of ether oxygens (including phenoxy) is 2. The van der Waals surface area contributed by atoms with Gasteiger partial charge < -0.3 is 50.5 Å². The van der Waals surface area contributed by atoms with Gasteiger partial charge in [0, 0.05) is 0 Å². The minimum absolute atomic E-state index is 0.250. The molecule has 0 aliphatic carbocycles. The Bertz CT molecular complexity index is 1510. The van der Waals surface area contributed by atoms with Crippen LogP contribution in [0.25, 0.3) is 0 Å². The number of hydrogen-bond acceptors (Lipinski definition) is 10. The molecule has 8 N–H and O–H groups in total. The van der Waals surface area contributed by atoms with Gasteiger partial charge in [-0.2, -0.15) is 0 Å². The van der Waals surface area contributed by atoms with Crippen LogP contribution in [-0.4, -0.2) is 110 Å². The minimum atomic E-state index is -1.67. The molecule has 1 rings (SSSR count). The van der Waals surface area contributed by atoms with Gasteiger partial charge in [0.1, 0.15) is 36.6 Å². The highest BCUT2D eigenvalue weighted by Crippen LogP contribution is 2.24. The van der Waals surface area contributed by atoms with E-state index in [1.807, 2.05) is 0 Å². The van der Waals surface area contributed by atoms with Crippen molar-refractivity contribution in [3.8, 4) is 0 Å². The van der Waals surface area contributed by atoms with Crippen LogP contribution in [0.4, 0.5) is 0 Å². The number of allylic oxidation sites excluding steroid dienone is 4. The van der Waals surface area contributed by atoms with Crippen molar-refractivity contribution in [2.45, 2.75) is 461 Å². The molecule has 0 bridgehead atoms. The van der Waals surface area contributed by atoms with Crippen LogP contribution in [0, 0.1) is 0 Å². The van der Waals surface area contributed by atoms with Crippen LogP contribution in [0.3, 0.4) is 0 Å². The molecule has 0 spiro atoms. The normalized spacial score (nSPS) is 18.5. The summed E-state index contributed by atoms with van der Waals surface area (Å²) in [5.41, 5.74) is 0. The largest absolute Gasteiger partial charge is 0.394 e. The van der Waals surface area contributed by atoms with Crippen LogP contribution in [0.15, 0.2) is 24.3 Å². The van der Waals surface area contributed by atoms with E-state index < -0.39 is 74.2 Å².